The first-order chi connectivity index (χ1) is 15.4. The maximum Gasteiger partial charge on any atom is 0.266 e. The molecule has 5 nitrogen and oxygen atoms in total. The van der Waals surface area contributed by atoms with Crippen molar-refractivity contribution in [3.05, 3.63) is 94.1 Å². The summed E-state index contributed by atoms with van der Waals surface area (Å²) < 4.78 is 11.3. The largest absolute Gasteiger partial charge is 0.497 e. The molecule has 3 aromatic rings. The molecular formula is C27H26N2O3. The second-order valence-electron chi connectivity index (χ2n) is 7.60. The Morgan fingerprint density at radius 2 is 1.84 bits per heavy atom. The second-order valence-corrected chi connectivity index (χ2v) is 7.60. The molecule has 0 aliphatic carbocycles. The third kappa shape index (κ3) is 5.77. The Balaban J connectivity index is 1.86. The van der Waals surface area contributed by atoms with E-state index in [1.807, 2.05) is 69.3 Å². The van der Waals surface area contributed by atoms with Crippen LogP contribution in [0.3, 0.4) is 0 Å². The average molecular weight is 427 g/mol. The molecule has 1 N–H and O–H groups in total. The number of hydrogen-bond acceptors (Lipinski definition) is 4. The molecule has 1 amide bonds. The molecule has 32 heavy (non-hydrogen) atoms. The summed E-state index contributed by atoms with van der Waals surface area (Å²) in [4.78, 5) is 12.7. The van der Waals surface area contributed by atoms with Crippen LogP contribution in [0.4, 0.5) is 5.69 Å². The van der Waals surface area contributed by atoms with Crippen LogP contribution in [-0.2, 0) is 11.4 Å². The second kappa shape index (κ2) is 10.3. The molecule has 3 rings (SSSR count). The lowest BCUT2D eigenvalue weighted by atomic mass is 10.1. The number of aryl methyl sites for hydroxylation is 3. The smallest absolute Gasteiger partial charge is 0.266 e. The van der Waals surface area contributed by atoms with E-state index in [9.17, 15) is 10.1 Å². The Morgan fingerprint density at radius 1 is 1.03 bits per heavy atom. The van der Waals surface area contributed by atoms with Gasteiger partial charge in [0.2, 0.25) is 0 Å². The Kier molecular flexibility index (Phi) is 7.30. The number of ether oxygens (including phenoxy) is 2. The number of nitrogens with one attached hydrogen (secondary N) is 1. The highest BCUT2D eigenvalue weighted by Gasteiger charge is 2.13. The predicted octanol–water partition coefficient (Wildman–Crippen LogP) is 5.75. The van der Waals surface area contributed by atoms with Gasteiger partial charge in [0.15, 0.2) is 0 Å². The molecule has 0 radical (unpaired) electrons. The number of nitrogens with zero attached hydrogens (tertiary/aromatic N) is 1. The topological polar surface area (TPSA) is 71.3 Å². The van der Waals surface area contributed by atoms with E-state index in [2.05, 4.69) is 5.32 Å². The molecule has 5 heteroatoms. The van der Waals surface area contributed by atoms with Gasteiger partial charge < -0.3 is 14.8 Å². The van der Waals surface area contributed by atoms with Gasteiger partial charge in [0.25, 0.3) is 5.91 Å². The Hall–Kier alpha value is -4.04. The van der Waals surface area contributed by atoms with Gasteiger partial charge in [0.05, 0.1) is 7.11 Å². The minimum atomic E-state index is -0.476. The van der Waals surface area contributed by atoms with Crippen LogP contribution < -0.4 is 14.8 Å². The molecule has 0 heterocycles. The number of rotatable bonds is 7. The van der Waals surface area contributed by atoms with E-state index >= 15 is 0 Å². The van der Waals surface area contributed by atoms with Gasteiger partial charge in [0.1, 0.15) is 29.7 Å². The van der Waals surface area contributed by atoms with Crippen LogP contribution in [0.5, 0.6) is 11.5 Å². The first-order valence-electron chi connectivity index (χ1n) is 10.3. The number of carbonyl (C=O) groups is 1. The number of hydrogen-bond donors (Lipinski definition) is 1. The van der Waals surface area contributed by atoms with E-state index in [4.69, 9.17) is 9.47 Å². The van der Waals surface area contributed by atoms with E-state index in [0.717, 1.165) is 22.3 Å². The fraction of sp³-hybridized carbons (Fsp3) is 0.185. The maximum atomic E-state index is 12.7. The summed E-state index contributed by atoms with van der Waals surface area (Å²) in [6.45, 7) is 6.35. The summed E-state index contributed by atoms with van der Waals surface area (Å²) in [5.41, 5.74) is 5.60. The van der Waals surface area contributed by atoms with Crippen molar-refractivity contribution in [1.82, 2.24) is 0 Å². The van der Waals surface area contributed by atoms with E-state index < -0.39 is 5.91 Å². The van der Waals surface area contributed by atoms with Gasteiger partial charge in [-0.15, -0.1) is 0 Å². The standard InChI is InChI=1S/C27H26N2O3/c1-18-6-5-7-21(12-18)17-32-26-15-25(31-4)11-9-22(26)14-23(16-28)27(30)29-24-10-8-19(2)20(3)13-24/h5-15H,17H2,1-4H3,(H,29,30)/b23-14+. The molecule has 0 aliphatic heterocycles. The normalized spacial score (nSPS) is 10.9. The predicted molar refractivity (Wildman–Crippen MR) is 127 cm³/mol. The number of amides is 1. The van der Waals surface area contributed by atoms with Crippen molar-refractivity contribution in [2.24, 2.45) is 0 Å². The van der Waals surface area contributed by atoms with Crippen molar-refractivity contribution in [2.45, 2.75) is 27.4 Å². The minimum absolute atomic E-state index is 0.0196. The van der Waals surface area contributed by atoms with E-state index in [-0.39, 0.29) is 5.57 Å². The number of nitriles is 1. The maximum absolute atomic E-state index is 12.7. The summed E-state index contributed by atoms with van der Waals surface area (Å²) in [7, 11) is 1.58. The van der Waals surface area contributed by atoms with E-state index in [1.165, 1.54) is 6.08 Å². The Bertz CT molecular complexity index is 1210. The summed E-state index contributed by atoms with van der Waals surface area (Å²) in [6, 6.07) is 20.9. The fourth-order valence-electron chi connectivity index (χ4n) is 3.17. The van der Waals surface area contributed by atoms with Crippen LogP contribution in [-0.4, -0.2) is 13.0 Å². The first-order valence-corrected chi connectivity index (χ1v) is 10.3. The molecule has 0 spiro atoms. The third-order valence-corrected chi connectivity index (χ3v) is 5.13. The van der Waals surface area contributed by atoms with Crippen LogP contribution in [0.2, 0.25) is 0 Å². The lowest BCUT2D eigenvalue weighted by Gasteiger charge is -2.12. The molecular weight excluding hydrogens is 400 g/mol. The number of carbonyl (C=O) groups excluding carboxylic acids is 1. The highest BCUT2D eigenvalue weighted by Crippen LogP contribution is 2.28. The van der Waals surface area contributed by atoms with Gasteiger partial charge in [-0.1, -0.05) is 35.9 Å². The monoisotopic (exact) mass is 426 g/mol. The first kappa shape index (κ1) is 22.6. The molecule has 162 valence electrons. The van der Waals surface area contributed by atoms with Crippen molar-refractivity contribution in [2.75, 3.05) is 12.4 Å². The summed E-state index contributed by atoms with van der Waals surface area (Å²) in [6.07, 6.45) is 1.53. The SMILES string of the molecule is COc1ccc(/C=C(\C#N)C(=O)Nc2ccc(C)c(C)c2)c(OCc2cccc(C)c2)c1. The fourth-order valence-corrected chi connectivity index (χ4v) is 3.17. The van der Waals surface area contributed by atoms with Gasteiger partial charge in [-0.05, 0) is 67.8 Å². The Morgan fingerprint density at radius 3 is 2.53 bits per heavy atom. The van der Waals surface area contributed by atoms with Crippen LogP contribution in [0.15, 0.2) is 66.2 Å². The quantitative estimate of drug-likeness (QED) is 0.386. The Labute approximate surface area is 188 Å². The van der Waals surface area contributed by atoms with Crippen molar-refractivity contribution < 1.29 is 14.3 Å². The van der Waals surface area contributed by atoms with E-state index in [0.29, 0.717) is 29.4 Å². The molecule has 0 unspecified atom stereocenters. The molecule has 0 atom stereocenters. The van der Waals surface area contributed by atoms with Gasteiger partial charge in [-0.3, -0.25) is 4.79 Å². The van der Waals surface area contributed by atoms with Crippen LogP contribution in [0.1, 0.15) is 27.8 Å². The minimum Gasteiger partial charge on any atom is -0.497 e. The zero-order valence-corrected chi connectivity index (χ0v) is 18.7. The van der Waals surface area contributed by atoms with Crippen LogP contribution in [0, 0.1) is 32.1 Å². The summed E-state index contributed by atoms with van der Waals surface area (Å²) in [5, 5.41) is 12.4. The molecule has 0 aromatic heterocycles. The number of methoxy groups -OCH3 is 1. The van der Waals surface area contributed by atoms with Gasteiger partial charge >= 0.3 is 0 Å². The van der Waals surface area contributed by atoms with Crippen molar-refractivity contribution in [3.8, 4) is 17.6 Å². The van der Waals surface area contributed by atoms with Crippen molar-refractivity contribution in [1.29, 1.82) is 5.26 Å². The number of benzene rings is 3. The van der Waals surface area contributed by atoms with Crippen molar-refractivity contribution >= 4 is 17.7 Å². The van der Waals surface area contributed by atoms with Crippen molar-refractivity contribution in [3.63, 3.8) is 0 Å². The summed E-state index contributed by atoms with van der Waals surface area (Å²) in [5.74, 6) is 0.674. The van der Waals surface area contributed by atoms with Gasteiger partial charge in [-0.25, -0.2) is 0 Å². The molecule has 0 bridgehead atoms. The average Bonchev–Trinajstić information content (AvgIpc) is 2.78. The van der Waals surface area contributed by atoms with Crippen LogP contribution in [0.25, 0.3) is 6.08 Å². The van der Waals surface area contributed by atoms with Crippen LogP contribution >= 0.6 is 0 Å². The third-order valence-electron chi connectivity index (χ3n) is 5.13. The molecule has 3 aromatic carbocycles. The molecule has 0 aliphatic rings. The molecule has 0 fully saturated rings. The van der Waals surface area contributed by atoms with Gasteiger partial charge in [0, 0.05) is 17.3 Å². The molecule has 0 saturated heterocycles. The van der Waals surface area contributed by atoms with E-state index in [1.54, 1.807) is 25.3 Å². The zero-order valence-electron chi connectivity index (χ0n) is 18.7. The zero-order chi connectivity index (χ0) is 23.1. The summed E-state index contributed by atoms with van der Waals surface area (Å²) >= 11 is 0. The lowest BCUT2D eigenvalue weighted by Crippen LogP contribution is -2.13. The molecule has 0 saturated carbocycles. The highest BCUT2D eigenvalue weighted by molar-refractivity contribution is 6.09. The van der Waals surface area contributed by atoms with Gasteiger partial charge in [-0.2, -0.15) is 5.26 Å². The lowest BCUT2D eigenvalue weighted by molar-refractivity contribution is -0.112. The highest BCUT2D eigenvalue weighted by atomic mass is 16.5. The number of anilines is 1.